The van der Waals surface area contributed by atoms with E-state index < -0.39 is 0 Å². The van der Waals surface area contributed by atoms with Crippen molar-refractivity contribution in [3.05, 3.63) is 93.3 Å². The molecular formula is C21H13Cl2N3O2. The van der Waals surface area contributed by atoms with Gasteiger partial charge in [-0.25, -0.2) is 4.79 Å². The lowest BCUT2D eigenvalue weighted by Crippen LogP contribution is -2.23. The van der Waals surface area contributed by atoms with Crippen LogP contribution in [0, 0.1) is 0 Å². The summed E-state index contributed by atoms with van der Waals surface area (Å²) in [4.78, 5) is 18.0. The van der Waals surface area contributed by atoms with Gasteiger partial charge < -0.3 is 4.42 Å². The molecule has 0 bridgehead atoms. The summed E-state index contributed by atoms with van der Waals surface area (Å²) in [6.45, 7) is 0.358. The van der Waals surface area contributed by atoms with Crippen LogP contribution in [0.4, 0.5) is 0 Å². The molecule has 0 saturated carbocycles. The third-order valence-corrected chi connectivity index (χ3v) is 5.29. The Morgan fingerprint density at radius 1 is 1.07 bits per heavy atom. The zero-order valence-electron chi connectivity index (χ0n) is 14.5. The number of fused-ring (bicyclic) bond motifs is 3. The largest absolute Gasteiger partial charge is 0.472 e. The van der Waals surface area contributed by atoms with Crippen LogP contribution in [-0.2, 0) is 6.54 Å². The van der Waals surface area contributed by atoms with Crippen LogP contribution in [0.2, 0.25) is 10.0 Å². The number of halogens is 2. The molecule has 0 fully saturated rings. The molecule has 0 amide bonds. The van der Waals surface area contributed by atoms with Gasteiger partial charge in [0.15, 0.2) is 0 Å². The Hall–Kier alpha value is -3.02. The minimum absolute atomic E-state index is 0.210. The molecule has 28 heavy (non-hydrogen) atoms. The van der Waals surface area contributed by atoms with E-state index in [1.54, 1.807) is 40.0 Å². The fraction of sp³-hybridized carbons (Fsp3) is 0.0476. The Morgan fingerprint density at radius 2 is 1.93 bits per heavy atom. The molecule has 0 atom stereocenters. The monoisotopic (exact) mass is 409 g/mol. The Labute approximate surface area is 169 Å². The second-order valence-electron chi connectivity index (χ2n) is 6.44. The van der Waals surface area contributed by atoms with Crippen LogP contribution in [0.25, 0.3) is 27.6 Å². The molecule has 0 unspecified atom stereocenters. The van der Waals surface area contributed by atoms with E-state index in [1.807, 2.05) is 36.4 Å². The zero-order chi connectivity index (χ0) is 19.3. The van der Waals surface area contributed by atoms with Crippen molar-refractivity contribution in [2.75, 3.05) is 0 Å². The Morgan fingerprint density at radius 3 is 2.71 bits per heavy atom. The first kappa shape index (κ1) is 17.1. The van der Waals surface area contributed by atoms with E-state index in [-0.39, 0.29) is 5.69 Å². The van der Waals surface area contributed by atoms with Gasteiger partial charge >= 0.3 is 5.69 Å². The van der Waals surface area contributed by atoms with Crippen LogP contribution >= 0.6 is 23.2 Å². The fourth-order valence-corrected chi connectivity index (χ4v) is 3.86. The summed E-state index contributed by atoms with van der Waals surface area (Å²) in [6.07, 6.45) is 4.91. The third-order valence-electron chi connectivity index (χ3n) is 4.73. The van der Waals surface area contributed by atoms with Crippen molar-refractivity contribution in [1.82, 2.24) is 14.1 Å². The van der Waals surface area contributed by atoms with Gasteiger partial charge in [-0.05, 0) is 36.4 Å². The van der Waals surface area contributed by atoms with E-state index in [1.165, 1.54) is 0 Å². The normalized spacial score (nSPS) is 11.5. The summed E-state index contributed by atoms with van der Waals surface area (Å²) >= 11 is 12.7. The van der Waals surface area contributed by atoms with Gasteiger partial charge in [-0.2, -0.15) is 0 Å². The van der Waals surface area contributed by atoms with Gasteiger partial charge in [0.1, 0.15) is 0 Å². The highest BCUT2D eigenvalue weighted by atomic mass is 35.5. The van der Waals surface area contributed by atoms with Gasteiger partial charge in [0.2, 0.25) is 0 Å². The molecule has 0 saturated heterocycles. The van der Waals surface area contributed by atoms with E-state index >= 15 is 0 Å². The van der Waals surface area contributed by atoms with E-state index in [0.29, 0.717) is 33.3 Å². The highest BCUT2D eigenvalue weighted by molar-refractivity contribution is 6.32. The Kier molecular flexibility index (Phi) is 4.00. The quantitative estimate of drug-likeness (QED) is 0.406. The summed E-state index contributed by atoms with van der Waals surface area (Å²) in [5.41, 5.74) is 3.44. The number of rotatable bonds is 3. The molecule has 5 aromatic rings. The van der Waals surface area contributed by atoms with Gasteiger partial charge in [-0.3, -0.25) is 14.1 Å². The first-order chi connectivity index (χ1) is 13.6. The van der Waals surface area contributed by atoms with Crippen LogP contribution in [0.1, 0.15) is 5.56 Å². The van der Waals surface area contributed by atoms with Gasteiger partial charge in [-0.1, -0.05) is 35.3 Å². The summed E-state index contributed by atoms with van der Waals surface area (Å²) in [5, 5.41) is 1.84. The van der Waals surface area contributed by atoms with Crippen molar-refractivity contribution >= 4 is 45.1 Å². The second-order valence-corrected chi connectivity index (χ2v) is 7.28. The minimum atomic E-state index is -0.210. The Balaban J connectivity index is 1.94. The SMILES string of the molecule is O=c1n(Cc2ccoc2)c2cnc3ccc(Cl)cc3c2n1-c1ccccc1Cl. The molecule has 0 aliphatic rings. The summed E-state index contributed by atoms with van der Waals surface area (Å²) in [6, 6.07) is 14.5. The molecule has 3 heterocycles. The van der Waals surface area contributed by atoms with Gasteiger partial charge in [0.25, 0.3) is 0 Å². The molecule has 0 N–H and O–H groups in total. The topological polar surface area (TPSA) is 53.0 Å². The van der Waals surface area contributed by atoms with Crippen molar-refractivity contribution in [2.45, 2.75) is 6.54 Å². The number of hydrogen-bond acceptors (Lipinski definition) is 3. The van der Waals surface area contributed by atoms with E-state index in [4.69, 9.17) is 27.6 Å². The third kappa shape index (κ3) is 2.63. The van der Waals surface area contributed by atoms with Crippen molar-refractivity contribution in [3.63, 3.8) is 0 Å². The maximum atomic E-state index is 13.5. The molecule has 0 spiro atoms. The predicted octanol–water partition coefficient (Wildman–Crippen LogP) is 5.29. The average Bonchev–Trinajstić information content (AvgIpc) is 3.30. The summed E-state index contributed by atoms with van der Waals surface area (Å²) in [7, 11) is 0. The molecule has 138 valence electrons. The Bertz CT molecular complexity index is 1380. The van der Waals surface area contributed by atoms with Crippen molar-refractivity contribution in [3.8, 4) is 5.69 Å². The number of imidazole rings is 1. The smallest absolute Gasteiger partial charge is 0.334 e. The molecule has 7 heteroatoms. The van der Waals surface area contributed by atoms with Crippen molar-refractivity contribution < 1.29 is 4.42 Å². The first-order valence-corrected chi connectivity index (χ1v) is 9.34. The minimum Gasteiger partial charge on any atom is -0.472 e. The van der Waals surface area contributed by atoms with E-state index in [2.05, 4.69) is 4.98 Å². The second kappa shape index (κ2) is 6.55. The molecule has 0 radical (unpaired) electrons. The summed E-state index contributed by atoms with van der Waals surface area (Å²) in [5.74, 6) is 0. The van der Waals surface area contributed by atoms with Crippen LogP contribution in [0.15, 0.2) is 76.5 Å². The molecule has 3 aromatic heterocycles. The van der Waals surface area contributed by atoms with Gasteiger partial charge in [0.05, 0.1) is 52.5 Å². The maximum absolute atomic E-state index is 13.5. The van der Waals surface area contributed by atoms with E-state index in [0.717, 1.165) is 16.5 Å². The fourth-order valence-electron chi connectivity index (χ4n) is 3.47. The number of benzene rings is 2. The first-order valence-electron chi connectivity index (χ1n) is 8.59. The lowest BCUT2D eigenvalue weighted by molar-refractivity contribution is 0.562. The highest BCUT2D eigenvalue weighted by Gasteiger charge is 2.20. The lowest BCUT2D eigenvalue weighted by atomic mass is 10.2. The highest BCUT2D eigenvalue weighted by Crippen LogP contribution is 2.30. The molecule has 0 aliphatic heterocycles. The van der Waals surface area contributed by atoms with Crippen LogP contribution in [-0.4, -0.2) is 14.1 Å². The lowest BCUT2D eigenvalue weighted by Gasteiger charge is -2.07. The number of nitrogens with zero attached hydrogens (tertiary/aromatic N) is 3. The number of aromatic nitrogens is 3. The zero-order valence-corrected chi connectivity index (χ0v) is 16.0. The number of para-hydroxylation sites is 1. The average molecular weight is 410 g/mol. The molecular weight excluding hydrogens is 397 g/mol. The number of pyridine rings is 1. The molecule has 5 rings (SSSR count). The standard InChI is InChI=1S/C21H13Cl2N3O2/c22-14-5-6-17-15(9-14)20-19(10-24-17)25(11-13-7-8-28-12-13)21(27)26(20)18-4-2-1-3-16(18)23/h1-10,12H,11H2. The summed E-state index contributed by atoms with van der Waals surface area (Å²) < 4.78 is 8.45. The van der Waals surface area contributed by atoms with Crippen LogP contribution in [0.5, 0.6) is 0 Å². The van der Waals surface area contributed by atoms with Gasteiger partial charge in [-0.15, -0.1) is 0 Å². The predicted molar refractivity (Wildman–Crippen MR) is 111 cm³/mol. The molecule has 2 aromatic carbocycles. The maximum Gasteiger partial charge on any atom is 0.334 e. The van der Waals surface area contributed by atoms with Crippen molar-refractivity contribution in [2.24, 2.45) is 0 Å². The van der Waals surface area contributed by atoms with E-state index in [9.17, 15) is 4.79 Å². The van der Waals surface area contributed by atoms with Crippen LogP contribution < -0.4 is 5.69 Å². The number of hydrogen-bond donors (Lipinski definition) is 0. The van der Waals surface area contributed by atoms with Crippen molar-refractivity contribution in [1.29, 1.82) is 0 Å². The van der Waals surface area contributed by atoms with Gasteiger partial charge in [0, 0.05) is 16.0 Å². The molecule has 0 aliphatic carbocycles. The van der Waals surface area contributed by atoms with Crippen LogP contribution in [0.3, 0.4) is 0 Å². The number of furan rings is 1. The molecule has 5 nitrogen and oxygen atoms in total.